The van der Waals surface area contributed by atoms with Crippen molar-refractivity contribution in [3.63, 3.8) is 0 Å². The van der Waals surface area contributed by atoms with Crippen molar-refractivity contribution in [2.75, 3.05) is 0 Å². The molecule has 5 nitrogen and oxygen atoms in total. The fraction of sp³-hybridized carbons (Fsp3) is 0. The van der Waals surface area contributed by atoms with Crippen LogP contribution in [0.1, 0.15) is 0 Å². The second-order valence-electron chi connectivity index (χ2n) is 8.83. The van der Waals surface area contributed by atoms with Gasteiger partial charge in [0.25, 0.3) is 0 Å². The molecule has 5 heteroatoms. The molecule has 0 saturated carbocycles. The summed E-state index contributed by atoms with van der Waals surface area (Å²) in [7, 11) is 0. The lowest BCUT2D eigenvalue weighted by molar-refractivity contribution is 0.483. The molecule has 3 aromatic heterocycles. The zero-order valence-corrected chi connectivity index (χ0v) is 19.9. The number of hydrogen-bond acceptors (Lipinski definition) is 3. The van der Waals surface area contributed by atoms with Gasteiger partial charge in [-0.2, -0.15) is 5.10 Å². The molecule has 7 rings (SSSR count). The summed E-state index contributed by atoms with van der Waals surface area (Å²) in [5, 5.41) is 7.10. The largest absolute Gasteiger partial charge is 0.457 e. The minimum Gasteiger partial charge on any atom is -0.457 e. The monoisotopic (exact) mass is 478 g/mol. The maximum atomic E-state index is 6.35. The minimum absolute atomic E-state index is 0.745. The van der Waals surface area contributed by atoms with Gasteiger partial charge in [0.05, 0.1) is 22.4 Å². The Balaban J connectivity index is 1.26. The standard InChI is InChI=1S/C32H22N4O/c1-2-9-23(10-3-1)29-18-20-35(34-29)24-11-8-12-25(21-24)37-26-16-17-28-27-13-4-5-14-30(27)36(31(28)22-26)32-15-6-7-19-33-32/h1-22H. The lowest BCUT2D eigenvalue weighted by Gasteiger charge is -2.10. The van der Waals surface area contributed by atoms with E-state index in [-0.39, 0.29) is 0 Å². The van der Waals surface area contributed by atoms with Crippen molar-refractivity contribution in [3.05, 3.63) is 134 Å². The second kappa shape index (κ2) is 8.81. The van der Waals surface area contributed by atoms with Crippen LogP contribution in [0.5, 0.6) is 11.5 Å². The average Bonchev–Trinajstić information content (AvgIpc) is 3.58. The van der Waals surface area contributed by atoms with E-state index < -0.39 is 0 Å². The SMILES string of the molecule is c1ccc(-c2ccn(-c3cccc(Oc4ccc5c6ccccc6n(-c6ccccn6)c5c4)c3)n2)cc1. The van der Waals surface area contributed by atoms with Crippen molar-refractivity contribution in [3.8, 4) is 34.3 Å². The van der Waals surface area contributed by atoms with Gasteiger partial charge in [0, 0.05) is 40.9 Å². The van der Waals surface area contributed by atoms with E-state index in [4.69, 9.17) is 9.84 Å². The van der Waals surface area contributed by atoms with Gasteiger partial charge in [-0.05, 0) is 48.5 Å². The van der Waals surface area contributed by atoms with Crippen LogP contribution in [-0.4, -0.2) is 19.3 Å². The van der Waals surface area contributed by atoms with Crippen molar-refractivity contribution in [2.45, 2.75) is 0 Å². The van der Waals surface area contributed by atoms with Gasteiger partial charge in [-0.15, -0.1) is 0 Å². The highest BCUT2D eigenvalue weighted by atomic mass is 16.5. The first-order valence-corrected chi connectivity index (χ1v) is 12.2. The van der Waals surface area contributed by atoms with Crippen molar-refractivity contribution < 1.29 is 4.74 Å². The number of fused-ring (bicyclic) bond motifs is 3. The molecule has 0 aliphatic carbocycles. The maximum Gasteiger partial charge on any atom is 0.137 e. The third-order valence-electron chi connectivity index (χ3n) is 6.50. The number of hydrogen-bond donors (Lipinski definition) is 0. The highest BCUT2D eigenvalue weighted by Crippen LogP contribution is 2.35. The lowest BCUT2D eigenvalue weighted by atomic mass is 10.1. The third-order valence-corrected chi connectivity index (χ3v) is 6.50. The fourth-order valence-electron chi connectivity index (χ4n) is 4.80. The van der Waals surface area contributed by atoms with Gasteiger partial charge in [-0.25, -0.2) is 9.67 Å². The normalized spacial score (nSPS) is 11.2. The Labute approximate surface area is 213 Å². The molecule has 37 heavy (non-hydrogen) atoms. The molecule has 4 aromatic carbocycles. The predicted molar refractivity (Wildman–Crippen MR) is 148 cm³/mol. The smallest absolute Gasteiger partial charge is 0.137 e. The number of para-hydroxylation sites is 1. The molecule has 0 aliphatic rings. The van der Waals surface area contributed by atoms with Crippen molar-refractivity contribution in [2.24, 2.45) is 0 Å². The second-order valence-corrected chi connectivity index (χ2v) is 8.83. The van der Waals surface area contributed by atoms with Crippen LogP contribution >= 0.6 is 0 Å². The van der Waals surface area contributed by atoms with Crippen LogP contribution in [0.4, 0.5) is 0 Å². The summed E-state index contributed by atoms with van der Waals surface area (Å²) in [5.41, 5.74) is 5.12. The molecule has 0 aliphatic heterocycles. The van der Waals surface area contributed by atoms with Crippen LogP contribution in [0.15, 0.2) is 134 Å². The molecule has 0 fully saturated rings. The van der Waals surface area contributed by atoms with Gasteiger partial charge < -0.3 is 4.74 Å². The van der Waals surface area contributed by atoms with Crippen molar-refractivity contribution >= 4 is 21.8 Å². The molecule has 0 unspecified atom stereocenters. The summed E-state index contributed by atoms with van der Waals surface area (Å²) in [6.45, 7) is 0. The molecular formula is C32H22N4O. The fourth-order valence-corrected chi connectivity index (χ4v) is 4.80. The Morgan fingerprint density at radius 1 is 0.595 bits per heavy atom. The first-order chi connectivity index (χ1) is 18.3. The zero-order valence-electron chi connectivity index (χ0n) is 19.9. The van der Waals surface area contributed by atoms with Crippen molar-refractivity contribution in [1.29, 1.82) is 0 Å². The third kappa shape index (κ3) is 3.83. The number of pyridine rings is 1. The predicted octanol–water partition coefficient (Wildman–Crippen LogP) is 7.82. The Bertz CT molecular complexity index is 1850. The van der Waals surface area contributed by atoms with Crippen LogP contribution < -0.4 is 4.74 Å². The molecule has 176 valence electrons. The molecule has 7 aromatic rings. The van der Waals surface area contributed by atoms with Gasteiger partial charge in [-0.3, -0.25) is 4.57 Å². The molecule has 0 saturated heterocycles. The summed E-state index contributed by atoms with van der Waals surface area (Å²) in [5.74, 6) is 2.38. The summed E-state index contributed by atoms with van der Waals surface area (Å²) in [6, 6.07) is 40.8. The first-order valence-electron chi connectivity index (χ1n) is 12.2. The van der Waals surface area contributed by atoms with Gasteiger partial charge >= 0.3 is 0 Å². The highest BCUT2D eigenvalue weighted by Gasteiger charge is 2.14. The number of nitrogens with zero attached hydrogens (tertiary/aromatic N) is 4. The van der Waals surface area contributed by atoms with E-state index in [9.17, 15) is 0 Å². The van der Waals surface area contributed by atoms with Gasteiger partial charge in [0.2, 0.25) is 0 Å². The lowest BCUT2D eigenvalue weighted by Crippen LogP contribution is -1.97. The molecule has 0 atom stereocenters. The van der Waals surface area contributed by atoms with E-state index in [1.165, 1.54) is 5.39 Å². The molecule has 0 N–H and O–H groups in total. The molecule has 0 spiro atoms. The topological polar surface area (TPSA) is 44.9 Å². The Kier molecular flexibility index (Phi) is 5.03. The molecule has 0 radical (unpaired) electrons. The van der Waals surface area contributed by atoms with E-state index in [2.05, 4.69) is 58.1 Å². The Morgan fingerprint density at radius 3 is 2.30 bits per heavy atom. The molecular weight excluding hydrogens is 456 g/mol. The van der Waals surface area contributed by atoms with Crippen LogP contribution in [0.25, 0.3) is 44.6 Å². The van der Waals surface area contributed by atoms with E-state index in [1.807, 2.05) is 89.9 Å². The van der Waals surface area contributed by atoms with Crippen LogP contribution in [0, 0.1) is 0 Å². The van der Waals surface area contributed by atoms with Crippen LogP contribution in [0.2, 0.25) is 0 Å². The molecule has 3 heterocycles. The summed E-state index contributed by atoms with van der Waals surface area (Å²) in [4.78, 5) is 4.62. The quantitative estimate of drug-likeness (QED) is 0.253. The van der Waals surface area contributed by atoms with E-state index in [0.29, 0.717) is 0 Å². The number of rotatable bonds is 5. The van der Waals surface area contributed by atoms with E-state index in [1.54, 1.807) is 0 Å². The van der Waals surface area contributed by atoms with E-state index in [0.717, 1.165) is 50.7 Å². The maximum absolute atomic E-state index is 6.35. The number of ether oxygens (including phenoxy) is 1. The number of benzene rings is 4. The average molecular weight is 479 g/mol. The molecule has 0 bridgehead atoms. The van der Waals surface area contributed by atoms with Crippen molar-refractivity contribution in [1.82, 2.24) is 19.3 Å². The summed E-state index contributed by atoms with van der Waals surface area (Å²) < 4.78 is 10.4. The summed E-state index contributed by atoms with van der Waals surface area (Å²) >= 11 is 0. The van der Waals surface area contributed by atoms with Gasteiger partial charge in [0.15, 0.2) is 0 Å². The van der Waals surface area contributed by atoms with Gasteiger partial charge in [-0.1, -0.05) is 60.7 Å². The molecule has 0 amide bonds. The minimum atomic E-state index is 0.745. The van der Waals surface area contributed by atoms with Gasteiger partial charge in [0.1, 0.15) is 17.3 Å². The Hall–Kier alpha value is -5.16. The van der Waals surface area contributed by atoms with Crippen LogP contribution in [0.3, 0.4) is 0 Å². The Morgan fingerprint density at radius 2 is 1.41 bits per heavy atom. The highest BCUT2D eigenvalue weighted by molar-refractivity contribution is 6.09. The number of aromatic nitrogens is 4. The van der Waals surface area contributed by atoms with E-state index >= 15 is 0 Å². The summed E-state index contributed by atoms with van der Waals surface area (Å²) in [6.07, 6.45) is 3.79. The first kappa shape index (κ1) is 21.1. The zero-order chi connectivity index (χ0) is 24.6. The van der Waals surface area contributed by atoms with Crippen LogP contribution in [-0.2, 0) is 0 Å².